The van der Waals surface area contributed by atoms with E-state index in [1.807, 2.05) is 6.20 Å². The Kier molecular flexibility index (Phi) is 6.90. The second-order valence-electron chi connectivity index (χ2n) is 10.7. The summed E-state index contributed by atoms with van der Waals surface area (Å²) in [6.45, 7) is 11.2. The molecule has 1 N–H and O–H groups in total. The molecule has 1 aliphatic heterocycles. The zero-order valence-corrected chi connectivity index (χ0v) is 20.3. The predicted octanol–water partition coefficient (Wildman–Crippen LogP) is 6.53. The molecule has 5 heteroatoms. The van der Waals surface area contributed by atoms with E-state index in [2.05, 4.69) is 52.8 Å². The molecule has 3 rings (SSSR count). The lowest BCUT2D eigenvalue weighted by atomic mass is 9.67. The third-order valence-electron chi connectivity index (χ3n) is 7.23. The predicted molar refractivity (Wildman–Crippen MR) is 125 cm³/mol. The number of hydrogen-bond acceptors (Lipinski definition) is 2. The Labute approximate surface area is 191 Å². The molecule has 1 aliphatic carbocycles. The Hall–Kier alpha value is -1.81. The number of carboxylic acids is 1. The standard InChI is InChI=1S/C26H36ClNO3/c1-17(2)21-16-28(12-10-24(30)31)23(29)15-26(21,5)19-8-9-20(22(27)13-19)18-7-6-11-25(3,4)14-18/h8-9,13,16-18H,6-7,10-12,14-15H2,1-5H3,(H,30,31). The minimum Gasteiger partial charge on any atom is -0.481 e. The van der Waals surface area contributed by atoms with Crippen LogP contribution in [0.2, 0.25) is 5.02 Å². The highest BCUT2D eigenvalue weighted by Gasteiger charge is 2.40. The fourth-order valence-electron chi connectivity index (χ4n) is 5.51. The van der Waals surface area contributed by atoms with Gasteiger partial charge in [0.05, 0.1) is 6.42 Å². The number of aliphatic carboxylic acids is 1. The molecule has 2 aliphatic rings. The van der Waals surface area contributed by atoms with E-state index in [-0.39, 0.29) is 24.8 Å². The van der Waals surface area contributed by atoms with Gasteiger partial charge in [-0.3, -0.25) is 9.59 Å². The summed E-state index contributed by atoms with van der Waals surface area (Å²) < 4.78 is 0. The van der Waals surface area contributed by atoms with Crippen molar-refractivity contribution in [1.29, 1.82) is 0 Å². The summed E-state index contributed by atoms with van der Waals surface area (Å²) in [7, 11) is 0. The smallest absolute Gasteiger partial charge is 0.305 e. The van der Waals surface area contributed by atoms with E-state index in [9.17, 15) is 9.59 Å². The average Bonchev–Trinajstić information content (AvgIpc) is 2.66. The van der Waals surface area contributed by atoms with E-state index < -0.39 is 11.4 Å². The van der Waals surface area contributed by atoms with E-state index in [1.165, 1.54) is 24.8 Å². The second-order valence-corrected chi connectivity index (χ2v) is 11.1. The lowest BCUT2D eigenvalue weighted by molar-refractivity contribution is -0.138. The molecule has 0 bridgehead atoms. The van der Waals surface area contributed by atoms with Crippen molar-refractivity contribution in [2.45, 2.75) is 84.5 Å². The van der Waals surface area contributed by atoms with Crippen LogP contribution in [0.3, 0.4) is 0 Å². The molecular weight excluding hydrogens is 410 g/mol. The van der Waals surface area contributed by atoms with Crippen LogP contribution in [0.25, 0.3) is 0 Å². The summed E-state index contributed by atoms with van der Waals surface area (Å²) in [6, 6.07) is 6.39. The van der Waals surface area contributed by atoms with Crippen LogP contribution in [0.15, 0.2) is 30.0 Å². The number of carbonyl (C=O) groups excluding carboxylic acids is 1. The highest BCUT2D eigenvalue weighted by atomic mass is 35.5. The van der Waals surface area contributed by atoms with Crippen LogP contribution in [0.4, 0.5) is 0 Å². The van der Waals surface area contributed by atoms with Gasteiger partial charge in [-0.1, -0.05) is 64.8 Å². The van der Waals surface area contributed by atoms with Gasteiger partial charge >= 0.3 is 5.97 Å². The van der Waals surface area contributed by atoms with Crippen LogP contribution in [0.5, 0.6) is 0 Å². The number of hydrogen-bond donors (Lipinski definition) is 1. The van der Waals surface area contributed by atoms with E-state index >= 15 is 0 Å². The summed E-state index contributed by atoms with van der Waals surface area (Å²) in [6.07, 6.45) is 6.97. The third kappa shape index (κ3) is 5.16. The second kappa shape index (κ2) is 8.97. The summed E-state index contributed by atoms with van der Waals surface area (Å²) >= 11 is 6.83. The minimum atomic E-state index is -0.895. The lowest BCUT2D eigenvalue weighted by Gasteiger charge is -2.41. The molecule has 1 aromatic carbocycles. The summed E-state index contributed by atoms with van der Waals surface area (Å²) in [5.41, 5.74) is 3.32. The van der Waals surface area contributed by atoms with Gasteiger partial charge < -0.3 is 10.0 Å². The van der Waals surface area contributed by atoms with Crippen molar-refractivity contribution in [3.63, 3.8) is 0 Å². The molecule has 0 spiro atoms. The number of carbonyl (C=O) groups is 2. The van der Waals surface area contributed by atoms with Crippen LogP contribution in [-0.2, 0) is 15.0 Å². The molecule has 1 aromatic rings. The van der Waals surface area contributed by atoms with Crippen molar-refractivity contribution in [1.82, 2.24) is 4.90 Å². The molecular formula is C26H36ClNO3. The Bertz CT molecular complexity index is 889. The number of nitrogens with zero attached hydrogens (tertiary/aromatic N) is 1. The Morgan fingerprint density at radius 2 is 2.00 bits per heavy atom. The van der Waals surface area contributed by atoms with Gasteiger partial charge in [0.1, 0.15) is 0 Å². The fourth-order valence-corrected chi connectivity index (χ4v) is 5.85. The average molecular weight is 446 g/mol. The number of carboxylic acid groups (broad SMARTS) is 1. The first-order valence-corrected chi connectivity index (χ1v) is 11.8. The molecule has 1 saturated carbocycles. The van der Waals surface area contributed by atoms with Gasteiger partial charge in [0, 0.05) is 29.6 Å². The maximum atomic E-state index is 12.9. The van der Waals surface area contributed by atoms with Crippen LogP contribution in [0.1, 0.15) is 90.2 Å². The van der Waals surface area contributed by atoms with E-state index in [0.717, 1.165) is 22.6 Å². The largest absolute Gasteiger partial charge is 0.481 e. The van der Waals surface area contributed by atoms with Gasteiger partial charge in [-0.25, -0.2) is 0 Å². The number of allylic oxidation sites excluding steroid dienone is 1. The van der Waals surface area contributed by atoms with Crippen molar-refractivity contribution in [2.24, 2.45) is 11.3 Å². The molecule has 31 heavy (non-hydrogen) atoms. The Morgan fingerprint density at radius 3 is 2.58 bits per heavy atom. The van der Waals surface area contributed by atoms with Gasteiger partial charge in [0.25, 0.3) is 0 Å². The highest BCUT2D eigenvalue weighted by molar-refractivity contribution is 6.31. The van der Waals surface area contributed by atoms with Gasteiger partial charge in [0.2, 0.25) is 5.91 Å². The zero-order valence-electron chi connectivity index (χ0n) is 19.5. The number of halogens is 1. The van der Waals surface area contributed by atoms with Gasteiger partial charge in [-0.2, -0.15) is 0 Å². The van der Waals surface area contributed by atoms with E-state index in [0.29, 0.717) is 17.8 Å². The monoisotopic (exact) mass is 445 g/mol. The van der Waals surface area contributed by atoms with Crippen LogP contribution in [-0.4, -0.2) is 28.4 Å². The summed E-state index contributed by atoms with van der Waals surface area (Å²) in [5, 5.41) is 9.81. The van der Waals surface area contributed by atoms with Crippen molar-refractivity contribution in [2.75, 3.05) is 6.54 Å². The molecule has 0 aromatic heterocycles. The van der Waals surface area contributed by atoms with E-state index in [1.54, 1.807) is 4.90 Å². The fraction of sp³-hybridized carbons (Fsp3) is 0.615. The molecule has 0 radical (unpaired) electrons. The topological polar surface area (TPSA) is 57.6 Å². The number of rotatable bonds is 6. The van der Waals surface area contributed by atoms with E-state index in [4.69, 9.17) is 16.7 Å². The SMILES string of the molecule is CC(C)C1=CN(CCC(=O)O)C(=O)CC1(C)c1ccc(C2CCCC(C)(C)C2)c(Cl)c1. The molecule has 0 saturated heterocycles. The maximum Gasteiger partial charge on any atom is 0.305 e. The van der Waals surface area contributed by atoms with Crippen LogP contribution < -0.4 is 0 Å². The molecule has 2 unspecified atom stereocenters. The maximum absolute atomic E-state index is 12.9. The third-order valence-corrected chi connectivity index (χ3v) is 7.56. The molecule has 2 atom stereocenters. The first-order chi connectivity index (χ1) is 14.4. The first kappa shape index (κ1) is 23.8. The zero-order chi connectivity index (χ0) is 23.0. The van der Waals surface area contributed by atoms with Crippen LogP contribution >= 0.6 is 11.6 Å². The Balaban J connectivity index is 1.93. The highest BCUT2D eigenvalue weighted by Crippen LogP contribution is 2.47. The molecule has 170 valence electrons. The summed E-state index contributed by atoms with van der Waals surface area (Å²) in [4.78, 5) is 25.4. The molecule has 4 nitrogen and oxygen atoms in total. The quantitative estimate of drug-likeness (QED) is 0.541. The Morgan fingerprint density at radius 1 is 1.29 bits per heavy atom. The van der Waals surface area contributed by atoms with Crippen LogP contribution in [0, 0.1) is 11.3 Å². The lowest BCUT2D eigenvalue weighted by Crippen LogP contribution is -2.42. The van der Waals surface area contributed by atoms with Gasteiger partial charge in [-0.05, 0) is 59.3 Å². The van der Waals surface area contributed by atoms with Crippen molar-refractivity contribution >= 4 is 23.5 Å². The number of amides is 1. The van der Waals surface area contributed by atoms with Crippen molar-refractivity contribution in [3.8, 4) is 0 Å². The molecule has 1 heterocycles. The van der Waals surface area contributed by atoms with Gasteiger partial charge in [0.15, 0.2) is 0 Å². The molecule has 1 amide bonds. The van der Waals surface area contributed by atoms with Crippen molar-refractivity contribution in [3.05, 3.63) is 46.1 Å². The number of benzene rings is 1. The molecule has 1 fully saturated rings. The normalized spacial score (nSPS) is 26.2. The minimum absolute atomic E-state index is 0.0395. The van der Waals surface area contributed by atoms with Crippen molar-refractivity contribution < 1.29 is 14.7 Å². The van der Waals surface area contributed by atoms with Gasteiger partial charge in [-0.15, -0.1) is 0 Å². The summed E-state index contributed by atoms with van der Waals surface area (Å²) in [5.74, 6) is -0.225. The first-order valence-electron chi connectivity index (χ1n) is 11.5.